The zero-order valence-electron chi connectivity index (χ0n) is 13.6. The van der Waals surface area contributed by atoms with Gasteiger partial charge >= 0.3 is 0 Å². The van der Waals surface area contributed by atoms with Crippen LogP contribution in [0.2, 0.25) is 0 Å². The van der Waals surface area contributed by atoms with E-state index in [1.54, 1.807) is 23.1 Å². The monoisotopic (exact) mass is 369 g/mol. The summed E-state index contributed by atoms with van der Waals surface area (Å²) in [6.45, 7) is 5.23. The van der Waals surface area contributed by atoms with Crippen molar-refractivity contribution in [2.75, 3.05) is 24.7 Å². The lowest BCUT2D eigenvalue weighted by Crippen LogP contribution is -2.32. The van der Waals surface area contributed by atoms with Crippen LogP contribution in [0.3, 0.4) is 0 Å². The maximum absolute atomic E-state index is 13.6. The lowest BCUT2D eigenvalue weighted by molar-refractivity contribution is -0.127. The zero-order valence-corrected chi connectivity index (χ0v) is 15.2. The van der Waals surface area contributed by atoms with Crippen molar-refractivity contribution in [2.45, 2.75) is 29.9 Å². The molecule has 1 aromatic carbocycles. The molecular formula is C15H20FN5OS2. The van der Waals surface area contributed by atoms with Gasteiger partial charge in [-0.25, -0.2) is 9.07 Å². The summed E-state index contributed by atoms with van der Waals surface area (Å²) in [6.07, 6.45) is 0. The van der Waals surface area contributed by atoms with Crippen LogP contribution in [-0.4, -0.2) is 44.5 Å². The molecule has 0 aliphatic heterocycles. The van der Waals surface area contributed by atoms with Crippen LogP contribution in [0.15, 0.2) is 34.6 Å². The molecule has 0 aliphatic carbocycles. The van der Waals surface area contributed by atoms with Crippen molar-refractivity contribution in [3.63, 3.8) is 0 Å². The highest BCUT2D eigenvalue weighted by molar-refractivity contribution is 8.00. The summed E-state index contributed by atoms with van der Waals surface area (Å²) >= 11 is 2.55. The summed E-state index contributed by atoms with van der Waals surface area (Å²) in [4.78, 5) is 13.8. The molecule has 2 rings (SSSR count). The van der Waals surface area contributed by atoms with Crippen LogP contribution in [0.1, 0.15) is 19.4 Å². The number of nitrogens with two attached hydrogens (primary N) is 1. The number of halogens is 1. The fourth-order valence-corrected chi connectivity index (χ4v) is 3.67. The molecule has 1 heterocycles. The molecule has 6 nitrogen and oxygen atoms in total. The van der Waals surface area contributed by atoms with Gasteiger partial charge in [-0.3, -0.25) is 4.79 Å². The topological polar surface area (TPSA) is 77.0 Å². The second-order valence-corrected chi connectivity index (χ2v) is 6.75. The van der Waals surface area contributed by atoms with Crippen LogP contribution >= 0.6 is 23.5 Å². The van der Waals surface area contributed by atoms with E-state index in [2.05, 4.69) is 10.2 Å². The SMILES string of the molecule is CCN(CC)C(=O)CSc1nnc(SCc2ccccc2F)n1N. The highest BCUT2D eigenvalue weighted by Gasteiger charge is 2.15. The van der Waals surface area contributed by atoms with Crippen molar-refractivity contribution in [3.05, 3.63) is 35.6 Å². The molecule has 0 aliphatic rings. The molecule has 9 heteroatoms. The van der Waals surface area contributed by atoms with Crippen LogP contribution in [-0.2, 0) is 10.5 Å². The van der Waals surface area contributed by atoms with Gasteiger partial charge in [0.2, 0.25) is 16.2 Å². The molecule has 0 radical (unpaired) electrons. The van der Waals surface area contributed by atoms with Gasteiger partial charge in [0.1, 0.15) is 5.82 Å². The largest absolute Gasteiger partial charge is 0.343 e. The van der Waals surface area contributed by atoms with Crippen molar-refractivity contribution in [3.8, 4) is 0 Å². The first-order valence-corrected chi connectivity index (χ1v) is 9.51. The standard InChI is InChI=1S/C15H20FN5OS2/c1-3-20(4-2)13(22)10-24-15-19-18-14(21(15)17)23-9-11-7-5-6-8-12(11)16/h5-8H,3-4,9-10,17H2,1-2H3. The van der Waals surface area contributed by atoms with Gasteiger partial charge in [0.05, 0.1) is 5.75 Å². The Morgan fingerprint density at radius 1 is 1.21 bits per heavy atom. The van der Waals surface area contributed by atoms with Crippen molar-refractivity contribution in [1.82, 2.24) is 19.8 Å². The summed E-state index contributed by atoms with van der Waals surface area (Å²) in [6, 6.07) is 6.57. The number of rotatable bonds is 8. The molecule has 0 bridgehead atoms. The van der Waals surface area contributed by atoms with E-state index in [1.165, 1.54) is 34.3 Å². The number of hydrogen-bond donors (Lipinski definition) is 1. The number of nitrogens with zero attached hydrogens (tertiary/aromatic N) is 4. The van der Waals surface area contributed by atoms with Gasteiger partial charge in [-0.05, 0) is 25.5 Å². The normalized spacial score (nSPS) is 10.8. The van der Waals surface area contributed by atoms with Crippen molar-refractivity contribution >= 4 is 29.4 Å². The molecule has 0 unspecified atom stereocenters. The number of benzene rings is 1. The molecule has 130 valence electrons. The number of thioether (sulfide) groups is 2. The van der Waals surface area contributed by atoms with E-state index in [9.17, 15) is 9.18 Å². The van der Waals surface area contributed by atoms with Crippen molar-refractivity contribution in [2.24, 2.45) is 0 Å². The second-order valence-electron chi connectivity index (χ2n) is 4.87. The molecule has 2 aromatic rings. The van der Waals surface area contributed by atoms with Gasteiger partial charge in [0.15, 0.2) is 0 Å². The fourth-order valence-electron chi connectivity index (χ4n) is 2.01. The Balaban J connectivity index is 1.93. The summed E-state index contributed by atoms with van der Waals surface area (Å²) in [5, 5.41) is 8.95. The highest BCUT2D eigenvalue weighted by Crippen LogP contribution is 2.24. The van der Waals surface area contributed by atoms with E-state index in [1.807, 2.05) is 13.8 Å². The first kappa shape index (κ1) is 18.6. The van der Waals surface area contributed by atoms with Crippen molar-refractivity contribution < 1.29 is 9.18 Å². The summed E-state index contributed by atoms with van der Waals surface area (Å²) in [5.74, 6) is 6.41. The first-order valence-electron chi connectivity index (χ1n) is 7.54. The van der Waals surface area contributed by atoms with Gasteiger partial charge in [0.25, 0.3) is 0 Å². The predicted molar refractivity (Wildman–Crippen MR) is 94.8 cm³/mol. The van der Waals surface area contributed by atoms with Gasteiger partial charge < -0.3 is 10.7 Å². The van der Waals surface area contributed by atoms with Crippen LogP contribution in [0, 0.1) is 5.82 Å². The summed E-state index contributed by atoms with van der Waals surface area (Å²) in [5.41, 5.74) is 0.580. The Labute approximate surface area is 149 Å². The van der Waals surface area contributed by atoms with Gasteiger partial charge in [-0.1, -0.05) is 41.7 Å². The smallest absolute Gasteiger partial charge is 0.233 e. The van der Waals surface area contributed by atoms with Crippen LogP contribution in [0.5, 0.6) is 0 Å². The van der Waals surface area contributed by atoms with E-state index in [0.717, 1.165) is 0 Å². The average Bonchev–Trinajstić information content (AvgIpc) is 2.93. The maximum atomic E-state index is 13.6. The van der Waals surface area contributed by atoms with Crippen LogP contribution in [0.25, 0.3) is 0 Å². The minimum absolute atomic E-state index is 0.0357. The molecule has 0 saturated carbocycles. The Morgan fingerprint density at radius 3 is 2.46 bits per heavy atom. The lowest BCUT2D eigenvalue weighted by atomic mass is 10.2. The minimum atomic E-state index is -0.257. The van der Waals surface area contributed by atoms with E-state index in [4.69, 9.17) is 5.84 Å². The number of aromatic nitrogens is 3. The second kappa shape index (κ2) is 8.93. The third-order valence-corrected chi connectivity index (χ3v) is 5.31. The fraction of sp³-hybridized carbons (Fsp3) is 0.400. The quantitative estimate of drug-likeness (QED) is 0.569. The van der Waals surface area contributed by atoms with Gasteiger partial charge in [0, 0.05) is 18.8 Å². The number of nitrogen functional groups attached to an aromatic ring is 1. The van der Waals surface area contributed by atoms with E-state index >= 15 is 0 Å². The third-order valence-electron chi connectivity index (χ3n) is 3.39. The maximum Gasteiger partial charge on any atom is 0.233 e. The number of hydrogen-bond acceptors (Lipinski definition) is 6. The van der Waals surface area contributed by atoms with Gasteiger partial charge in [-0.2, -0.15) is 0 Å². The lowest BCUT2D eigenvalue weighted by Gasteiger charge is -2.17. The molecule has 24 heavy (non-hydrogen) atoms. The molecule has 0 spiro atoms. The summed E-state index contributed by atoms with van der Waals surface area (Å²) in [7, 11) is 0. The van der Waals surface area contributed by atoms with Crippen LogP contribution in [0.4, 0.5) is 4.39 Å². The van der Waals surface area contributed by atoms with Crippen molar-refractivity contribution in [1.29, 1.82) is 0 Å². The Hall–Kier alpha value is -1.74. The number of amides is 1. The summed E-state index contributed by atoms with van der Waals surface area (Å²) < 4.78 is 15.0. The van der Waals surface area contributed by atoms with E-state index in [0.29, 0.717) is 34.7 Å². The number of carbonyl (C=O) groups excluding carboxylic acids is 1. The molecule has 0 saturated heterocycles. The van der Waals surface area contributed by atoms with Gasteiger partial charge in [-0.15, -0.1) is 10.2 Å². The molecule has 2 N–H and O–H groups in total. The molecule has 1 aromatic heterocycles. The predicted octanol–water partition coefficient (Wildman–Crippen LogP) is 2.38. The molecule has 1 amide bonds. The minimum Gasteiger partial charge on any atom is -0.343 e. The molecular weight excluding hydrogens is 349 g/mol. The average molecular weight is 369 g/mol. The first-order chi connectivity index (χ1) is 11.6. The molecule has 0 fully saturated rings. The molecule has 0 atom stereocenters. The Morgan fingerprint density at radius 2 is 1.83 bits per heavy atom. The Kier molecular flexibility index (Phi) is 6.92. The van der Waals surface area contributed by atoms with Crippen LogP contribution < -0.4 is 5.84 Å². The van der Waals surface area contributed by atoms with E-state index < -0.39 is 0 Å². The van der Waals surface area contributed by atoms with E-state index in [-0.39, 0.29) is 17.5 Å². The highest BCUT2D eigenvalue weighted by atomic mass is 32.2. The zero-order chi connectivity index (χ0) is 17.5. The third kappa shape index (κ3) is 4.64. The Bertz CT molecular complexity index is 690. The number of carbonyl (C=O) groups is 1.